The lowest BCUT2D eigenvalue weighted by atomic mass is 9.91. The van der Waals surface area contributed by atoms with Gasteiger partial charge in [0.1, 0.15) is 0 Å². The van der Waals surface area contributed by atoms with E-state index in [9.17, 15) is 0 Å². The summed E-state index contributed by atoms with van der Waals surface area (Å²) in [7, 11) is 2.12. The van der Waals surface area contributed by atoms with Crippen molar-refractivity contribution in [2.24, 2.45) is 0 Å². The summed E-state index contributed by atoms with van der Waals surface area (Å²) < 4.78 is 0. The summed E-state index contributed by atoms with van der Waals surface area (Å²) in [5, 5.41) is 9.68. The third-order valence-electron chi connectivity index (χ3n) is 2.97. The van der Waals surface area contributed by atoms with Crippen molar-refractivity contribution in [3.63, 3.8) is 0 Å². The lowest BCUT2D eigenvalue weighted by molar-refractivity contribution is 0.190. The summed E-state index contributed by atoms with van der Waals surface area (Å²) in [4.78, 5) is 2.28. The Kier molecular flexibility index (Phi) is 3.29. The lowest BCUT2D eigenvalue weighted by Gasteiger charge is -2.37. The minimum absolute atomic E-state index is 0.182. The maximum absolute atomic E-state index is 8.83. The fourth-order valence-electron chi connectivity index (χ4n) is 2.08. The predicted molar refractivity (Wildman–Crippen MR) is 62.5 cm³/mol. The van der Waals surface area contributed by atoms with Gasteiger partial charge in [-0.15, -0.1) is 0 Å². The Bertz CT molecular complexity index is 347. The van der Waals surface area contributed by atoms with Crippen LogP contribution in [0.4, 0.5) is 0 Å². The minimum Gasteiger partial charge on any atom is -0.396 e. The molecule has 1 N–H and O–H groups in total. The van der Waals surface area contributed by atoms with Gasteiger partial charge in [-0.2, -0.15) is 0 Å². The fourth-order valence-corrected chi connectivity index (χ4v) is 2.44. The fraction of sp³-hybridized carbons (Fsp3) is 0.500. The first-order chi connectivity index (χ1) is 7.20. The normalized spacial score (nSPS) is 17.8. The van der Waals surface area contributed by atoms with Crippen molar-refractivity contribution in [3.05, 3.63) is 34.3 Å². The van der Waals surface area contributed by atoms with Crippen LogP contribution in [0.15, 0.2) is 18.2 Å². The van der Waals surface area contributed by atoms with Crippen LogP contribution in [0.3, 0.4) is 0 Å². The second-order valence-corrected chi connectivity index (χ2v) is 4.65. The van der Waals surface area contributed by atoms with Crippen molar-refractivity contribution in [1.82, 2.24) is 4.90 Å². The molecule has 0 radical (unpaired) electrons. The average Bonchev–Trinajstić information content (AvgIpc) is 2.15. The first kappa shape index (κ1) is 10.9. The number of halogens is 1. The number of likely N-dealkylation sites (tertiary alicyclic amines) is 1. The van der Waals surface area contributed by atoms with E-state index in [1.54, 1.807) is 0 Å². The molecule has 1 fully saturated rings. The van der Waals surface area contributed by atoms with Crippen molar-refractivity contribution in [2.75, 3.05) is 26.7 Å². The molecule has 0 unspecified atom stereocenters. The smallest absolute Gasteiger partial charge is 0.0471 e. The molecule has 15 heavy (non-hydrogen) atoms. The van der Waals surface area contributed by atoms with Gasteiger partial charge in [-0.25, -0.2) is 0 Å². The molecule has 0 saturated carbocycles. The van der Waals surface area contributed by atoms with Crippen LogP contribution in [0.5, 0.6) is 0 Å². The van der Waals surface area contributed by atoms with Crippen LogP contribution in [0.25, 0.3) is 0 Å². The highest BCUT2D eigenvalue weighted by molar-refractivity contribution is 6.31. The second kappa shape index (κ2) is 4.52. The maximum atomic E-state index is 8.83. The number of rotatable bonds is 3. The summed E-state index contributed by atoms with van der Waals surface area (Å²) in [6, 6.07) is 6.15. The quantitative estimate of drug-likeness (QED) is 0.850. The van der Waals surface area contributed by atoms with Crippen LogP contribution in [0, 0.1) is 0 Å². The molecule has 0 amide bonds. The number of hydrogen-bond acceptors (Lipinski definition) is 2. The Morgan fingerprint density at radius 1 is 1.47 bits per heavy atom. The molecule has 0 aliphatic carbocycles. The second-order valence-electron chi connectivity index (χ2n) is 4.25. The summed E-state index contributed by atoms with van der Waals surface area (Å²) in [6.07, 6.45) is 0.685. The minimum atomic E-state index is 0.182. The van der Waals surface area contributed by atoms with Gasteiger partial charge in [-0.3, -0.25) is 0 Å². The van der Waals surface area contributed by atoms with E-state index in [1.165, 1.54) is 5.56 Å². The Labute approximate surface area is 95.5 Å². The molecule has 0 aromatic heterocycles. The van der Waals surface area contributed by atoms with Gasteiger partial charge in [-0.1, -0.05) is 23.7 Å². The van der Waals surface area contributed by atoms with Crippen molar-refractivity contribution >= 4 is 11.6 Å². The Morgan fingerprint density at radius 2 is 2.20 bits per heavy atom. The zero-order valence-electron chi connectivity index (χ0n) is 8.91. The van der Waals surface area contributed by atoms with Crippen molar-refractivity contribution in [3.8, 4) is 0 Å². The number of nitrogens with zero attached hydrogens (tertiary/aromatic N) is 1. The van der Waals surface area contributed by atoms with Gasteiger partial charge in [0.15, 0.2) is 0 Å². The summed E-state index contributed by atoms with van der Waals surface area (Å²) in [5.74, 6) is 0.589. The molecule has 1 aliphatic rings. The molecular weight excluding hydrogens is 210 g/mol. The summed E-state index contributed by atoms with van der Waals surface area (Å²) in [5.41, 5.74) is 2.36. The van der Waals surface area contributed by atoms with E-state index in [2.05, 4.69) is 24.1 Å². The van der Waals surface area contributed by atoms with E-state index < -0.39 is 0 Å². The van der Waals surface area contributed by atoms with Gasteiger partial charge in [0.05, 0.1) is 0 Å². The molecule has 1 aliphatic heterocycles. The molecule has 0 spiro atoms. The zero-order chi connectivity index (χ0) is 10.8. The molecule has 3 heteroatoms. The van der Waals surface area contributed by atoms with Crippen molar-refractivity contribution < 1.29 is 5.11 Å². The molecule has 82 valence electrons. The first-order valence-electron chi connectivity index (χ1n) is 5.28. The van der Waals surface area contributed by atoms with Gasteiger partial charge in [0, 0.05) is 30.6 Å². The highest BCUT2D eigenvalue weighted by Gasteiger charge is 2.26. The topological polar surface area (TPSA) is 23.5 Å². The molecular formula is C12H16ClNO. The van der Waals surface area contributed by atoms with Crippen LogP contribution >= 0.6 is 11.6 Å². The molecule has 1 heterocycles. The lowest BCUT2D eigenvalue weighted by Crippen LogP contribution is -2.41. The van der Waals surface area contributed by atoms with Crippen molar-refractivity contribution in [2.45, 2.75) is 12.3 Å². The van der Waals surface area contributed by atoms with Crippen LogP contribution < -0.4 is 0 Å². The molecule has 1 aromatic rings. The predicted octanol–water partition coefficient (Wildman–Crippen LogP) is 1.90. The van der Waals surface area contributed by atoms with E-state index in [-0.39, 0.29) is 6.61 Å². The average molecular weight is 226 g/mol. The largest absolute Gasteiger partial charge is 0.396 e. The van der Waals surface area contributed by atoms with Crippen molar-refractivity contribution in [1.29, 1.82) is 0 Å². The molecule has 2 rings (SSSR count). The van der Waals surface area contributed by atoms with E-state index in [0.717, 1.165) is 23.7 Å². The third kappa shape index (κ3) is 2.33. The number of hydrogen-bond donors (Lipinski definition) is 1. The Balaban J connectivity index is 2.12. The summed E-state index contributed by atoms with van der Waals surface area (Å²) in [6.45, 7) is 2.37. The van der Waals surface area contributed by atoms with Crippen LogP contribution in [0.2, 0.25) is 5.02 Å². The molecule has 1 aromatic carbocycles. The van der Waals surface area contributed by atoms with Crippen LogP contribution in [-0.4, -0.2) is 36.8 Å². The monoisotopic (exact) mass is 225 g/mol. The molecule has 1 saturated heterocycles. The maximum Gasteiger partial charge on any atom is 0.0471 e. The molecule has 0 atom stereocenters. The van der Waals surface area contributed by atoms with Crippen LogP contribution in [0.1, 0.15) is 17.0 Å². The standard InChI is InChI=1S/C12H16ClNO/c1-14-7-10(8-14)11-3-2-9(4-5-15)6-12(11)13/h2-3,6,10,15H,4-5,7-8H2,1H3. The van der Waals surface area contributed by atoms with Gasteiger partial charge in [0.2, 0.25) is 0 Å². The van der Waals surface area contributed by atoms with E-state index in [4.69, 9.17) is 16.7 Å². The van der Waals surface area contributed by atoms with Gasteiger partial charge >= 0.3 is 0 Å². The van der Waals surface area contributed by atoms with Crippen LogP contribution in [-0.2, 0) is 6.42 Å². The summed E-state index contributed by atoms with van der Waals surface area (Å²) >= 11 is 6.22. The van der Waals surface area contributed by atoms with Gasteiger partial charge in [-0.05, 0) is 30.7 Å². The highest BCUT2D eigenvalue weighted by Crippen LogP contribution is 2.31. The Morgan fingerprint density at radius 3 is 2.73 bits per heavy atom. The number of benzene rings is 1. The number of likely N-dealkylation sites (N-methyl/N-ethyl adjacent to an activating group) is 1. The SMILES string of the molecule is CN1CC(c2ccc(CCO)cc2Cl)C1. The van der Waals surface area contributed by atoms with E-state index in [1.807, 2.05) is 6.07 Å². The molecule has 0 bridgehead atoms. The zero-order valence-corrected chi connectivity index (χ0v) is 9.67. The Hall–Kier alpha value is -0.570. The third-order valence-corrected chi connectivity index (χ3v) is 3.30. The molecule has 2 nitrogen and oxygen atoms in total. The number of aliphatic hydroxyl groups is 1. The van der Waals surface area contributed by atoms with E-state index >= 15 is 0 Å². The highest BCUT2D eigenvalue weighted by atomic mass is 35.5. The number of aliphatic hydroxyl groups excluding tert-OH is 1. The van der Waals surface area contributed by atoms with E-state index in [0.29, 0.717) is 12.3 Å². The first-order valence-corrected chi connectivity index (χ1v) is 5.66. The van der Waals surface area contributed by atoms with Gasteiger partial charge < -0.3 is 10.0 Å². The van der Waals surface area contributed by atoms with Gasteiger partial charge in [0.25, 0.3) is 0 Å².